The zero-order valence-corrected chi connectivity index (χ0v) is 17.1. The van der Waals surface area contributed by atoms with Crippen molar-refractivity contribution in [3.63, 3.8) is 0 Å². The van der Waals surface area contributed by atoms with Crippen molar-refractivity contribution in [3.05, 3.63) is 78.5 Å². The number of unbranched alkanes of at least 4 members (excludes halogenated alkanes) is 1. The largest absolute Gasteiger partial charge is 0.486 e. The van der Waals surface area contributed by atoms with Crippen LogP contribution in [0.4, 0.5) is 0 Å². The average molecular weight is 387 g/mol. The molecule has 29 heavy (non-hydrogen) atoms. The van der Waals surface area contributed by atoms with Crippen LogP contribution < -0.4 is 4.74 Å². The molecule has 3 aromatic rings. The van der Waals surface area contributed by atoms with Crippen molar-refractivity contribution in [3.8, 4) is 28.3 Å². The van der Waals surface area contributed by atoms with Crippen LogP contribution in [0.25, 0.3) is 28.1 Å². The van der Waals surface area contributed by atoms with E-state index in [1.54, 1.807) is 0 Å². The first-order chi connectivity index (χ1) is 14.0. The molecule has 0 spiro atoms. The van der Waals surface area contributed by atoms with Gasteiger partial charge in [-0.3, -0.25) is 0 Å². The number of hydrogen-bond donors (Lipinski definition) is 1. The second-order valence-corrected chi connectivity index (χ2v) is 7.88. The fourth-order valence-corrected chi connectivity index (χ4v) is 3.10. The van der Waals surface area contributed by atoms with Crippen molar-refractivity contribution in [2.45, 2.75) is 33.1 Å². The minimum Gasteiger partial charge on any atom is -0.486 e. The van der Waals surface area contributed by atoms with Crippen LogP contribution >= 0.6 is 0 Å². The van der Waals surface area contributed by atoms with Crippen LogP contribution in [0.2, 0.25) is 0 Å². The molecule has 0 aliphatic rings. The van der Waals surface area contributed by atoms with E-state index in [1.165, 1.54) is 0 Å². The van der Waals surface area contributed by atoms with Gasteiger partial charge in [-0.1, -0.05) is 80.3 Å². The maximum Gasteiger partial charge on any atom is 0.214 e. The maximum absolute atomic E-state index is 7.55. The van der Waals surface area contributed by atoms with E-state index in [0.717, 1.165) is 41.6 Å². The van der Waals surface area contributed by atoms with E-state index in [1.807, 2.05) is 56.3 Å². The number of rotatable bonds is 9. The number of hydrogen-bond acceptors (Lipinski definition) is 3. The SMILES string of the molecule is CC(C)(CCCCOc1cc(-c2ccccc2)cc(-c2ccccc2)n1)C(=N)[NH-]. The molecule has 2 N–H and O–H groups in total. The Hall–Kier alpha value is -3.14. The molecule has 1 heterocycles. The molecule has 3 rings (SSSR count). The number of benzene rings is 2. The zero-order chi connectivity index (χ0) is 20.7. The third-order valence-corrected chi connectivity index (χ3v) is 5.10. The zero-order valence-electron chi connectivity index (χ0n) is 17.1. The molecule has 0 unspecified atom stereocenters. The van der Waals surface area contributed by atoms with Crippen molar-refractivity contribution in [1.29, 1.82) is 5.41 Å². The highest BCUT2D eigenvalue weighted by Crippen LogP contribution is 2.29. The summed E-state index contributed by atoms with van der Waals surface area (Å²) in [5, 5.41) is 7.55. The molecule has 0 aliphatic carbocycles. The molecule has 4 heteroatoms. The van der Waals surface area contributed by atoms with Gasteiger partial charge in [-0.05, 0) is 41.9 Å². The smallest absolute Gasteiger partial charge is 0.214 e. The molecule has 0 aliphatic heterocycles. The molecule has 0 amide bonds. The Morgan fingerprint density at radius 3 is 2.14 bits per heavy atom. The summed E-state index contributed by atoms with van der Waals surface area (Å²) >= 11 is 0. The Balaban J connectivity index is 1.73. The van der Waals surface area contributed by atoms with Gasteiger partial charge in [0, 0.05) is 11.6 Å². The summed E-state index contributed by atoms with van der Waals surface area (Å²) in [6.07, 6.45) is 2.60. The molecule has 0 saturated heterocycles. The van der Waals surface area contributed by atoms with Gasteiger partial charge in [-0.2, -0.15) is 0 Å². The fraction of sp³-hybridized carbons (Fsp3) is 0.280. The highest BCUT2D eigenvalue weighted by Gasteiger charge is 2.15. The van der Waals surface area contributed by atoms with Gasteiger partial charge < -0.3 is 15.9 Å². The number of ether oxygens (including phenoxy) is 1. The summed E-state index contributed by atoms with van der Waals surface area (Å²) in [7, 11) is 0. The van der Waals surface area contributed by atoms with Gasteiger partial charge in [-0.15, -0.1) is 0 Å². The fourth-order valence-electron chi connectivity index (χ4n) is 3.10. The van der Waals surface area contributed by atoms with Gasteiger partial charge >= 0.3 is 0 Å². The average Bonchev–Trinajstić information content (AvgIpc) is 2.74. The number of pyridine rings is 1. The molecule has 0 atom stereocenters. The molecule has 1 aromatic heterocycles. The summed E-state index contributed by atoms with van der Waals surface area (Å²) < 4.78 is 5.99. The second-order valence-electron chi connectivity index (χ2n) is 7.88. The lowest BCUT2D eigenvalue weighted by molar-refractivity contribution is 0.287. The van der Waals surface area contributed by atoms with Crippen LogP contribution in [0.5, 0.6) is 5.88 Å². The lowest BCUT2D eigenvalue weighted by atomic mass is 9.86. The van der Waals surface area contributed by atoms with E-state index >= 15 is 0 Å². The minimum absolute atomic E-state index is 0.0110. The summed E-state index contributed by atoms with van der Waals surface area (Å²) in [5.74, 6) is 0.612. The Morgan fingerprint density at radius 2 is 1.52 bits per heavy atom. The second kappa shape index (κ2) is 9.37. The van der Waals surface area contributed by atoms with E-state index in [2.05, 4.69) is 30.3 Å². The number of aromatic nitrogens is 1. The monoisotopic (exact) mass is 386 g/mol. The Labute approximate surface area is 173 Å². The minimum atomic E-state index is -0.369. The summed E-state index contributed by atoms with van der Waals surface area (Å²) in [5.41, 5.74) is 11.3. The number of nitrogens with zero attached hydrogens (tertiary/aromatic N) is 1. The molecule has 150 valence electrons. The highest BCUT2D eigenvalue weighted by atomic mass is 16.5. The van der Waals surface area contributed by atoms with Crippen molar-refractivity contribution in [2.24, 2.45) is 5.41 Å². The Bertz CT molecular complexity index is 879. The Morgan fingerprint density at radius 1 is 0.897 bits per heavy atom. The predicted octanol–water partition coefficient (Wildman–Crippen LogP) is 7.02. The van der Waals surface area contributed by atoms with Crippen LogP contribution in [0.3, 0.4) is 0 Å². The highest BCUT2D eigenvalue weighted by molar-refractivity contribution is 5.91. The van der Waals surface area contributed by atoms with Crippen molar-refractivity contribution in [2.75, 3.05) is 6.61 Å². The van der Waals surface area contributed by atoms with E-state index in [0.29, 0.717) is 12.5 Å². The molecule has 0 bridgehead atoms. The standard InChI is InChI=1S/C25H28N3O/c1-25(2,24(26)27)15-9-10-16-29-23-18-21(19-11-5-3-6-12-19)17-22(28-23)20-13-7-4-8-14-20/h3-8,11-14,17-18H,9-10,15-16H2,1-2H3,(H2-,26,27)/q-1. The van der Waals surface area contributed by atoms with Crippen LogP contribution in [0.1, 0.15) is 33.1 Å². The maximum atomic E-state index is 7.55. The van der Waals surface area contributed by atoms with Crippen molar-refractivity contribution < 1.29 is 4.74 Å². The molecular weight excluding hydrogens is 358 g/mol. The number of nitrogens with one attached hydrogen (secondary N) is 2. The van der Waals surface area contributed by atoms with Gasteiger partial charge in [0.1, 0.15) is 0 Å². The first kappa shape index (κ1) is 20.6. The van der Waals surface area contributed by atoms with Crippen LogP contribution in [0, 0.1) is 10.8 Å². The van der Waals surface area contributed by atoms with Gasteiger partial charge in [0.25, 0.3) is 0 Å². The molecular formula is C25H28N3O-. The van der Waals surface area contributed by atoms with Crippen molar-refractivity contribution in [1.82, 2.24) is 4.98 Å². The third-order valence-electron chi connectivity index (χ3n) is 5.10. The lowest BCUT2D eigenvalue weighted by Crippen LogP contribution is -2.20. The third kappa shape index (κ3) is 5.67. The van der Waals surface area contributed by atoms with E-state index in [4.69, 9.17) is 20.9 Å². The van der Waals surface area contributed by atoms with Gasteiger partial charge in [0.2, 0.25) is 5.88 Å². The van der Waals surface area contributed by atoms with Crippen LogP contribution in [0.15, 0.2) is 72.8 Å². The van der Waals surface area contributed by atoms with Gasteiger partial charge in [0.15, 0.2) is 0 Å². The van der Waals surface area contributed by atoms with Gasteiger partial charge in [-0.25, -0.2) is 4.98 Å². The molecule has 0 fully saturated rings. The summed E-state index contributed by atoms with van der Waals surface area (Å²) in [6.45, 7) is 4.46. The molecule has 0 radical (unpaired) electrons. The normalized spacial score (nSPS) is 11.2. The van der Waals surface area contributed by atoms with E-state index in [9.17, 15) is 0 Å². The van der Waals surface area contributed by atoms with Crippen molar-refractivity contribution >= 4 is 5.84 Å². The first-order valence-corrected chi connectivity index (χ1v) is 10.0. The first-order valence-electron chi connectivity index (χ1n) is 10.0. The summed E-state index contributed by atoms with van der Waals surface area (Å²) in [6, 6.07) is 24.5. The molecule has 0 saturated carbocycles. The van der Waals surface area contributed by atoms with Crippen LogP contribution in [-0.2, 0) is 0 Å². The lowest BCUT2D eigenvalue weighted by Gasteiger charge is -2.28. The van der Waals surface area contributed by atoms with E-state index < -0.39 is 0 Å². The summed E-state index contributed by atoms with van der Waals surface area (Å²) in [4.78, 5) is 4.72. The quantitative estimate of drug-likeness (QED) is 0.244. The predicted molar refractivity (Wildman–Crippen MR) is 120 cm³/mol. The number of amidine groups is 1. The van der Waals surface area contributed by atoms with Crippen LogP contribution in [-0.4, -0.2) is 17.4 Å². The molecule has 2 aromatic carbocycles. The topological polar surface area (TPSA) is 69.8 Å². The van der Waals surface area contributed by atoms with Gasteiger partial charge in [0.05, 0.1) is 12.3 Å². The van der Waals surface area contributed by atoms with E-state index in [-0.39, 0.29) is 11.3 Å². The molecule has 4 nitrogen and oxygen atoms in total. The Kier molecular flexibility index (Phi) is 6.65.